The number of carbonyl (C=O) groups is 1. The highest BCUT2D eigenvalue weighted by Crippen LogP contribution is 2.28. The van der Waals surface area contributed by atoms with Crippen molar-refractivity contribution in [2.45, 2.75) is 13.0 Å². The Balaban J connectivity index is 2.27. The summed E-state index contributed by atoms with van der Waals surface area (Å²) in [5.41, 5.74) is 7.49. The highest BCUT2D eigenvalue weighted by atomic mass is 16.3. The van der Waals surface area contributed by atoms with Gasteiger partial charge in [0, 0.05) is 25.9 Å². The molecule has 0 spiro atoms. The second kappa shape index (κ2) is 5.28. The number of nitrogens with two attached hydrogens (primary N) is 1. The summed E-state index contributed by atoms with van der Waals surface area (Å²) >= 11 is 0. The van der Waals surface area contributed by atoms with Crippen molar-refractivity contribution in [2.24, 2.45) is 7.05 Å². The minimum atomic E-state index is -0.236. The first-order chi connectivity index (χ1) is 9.41. The van der Waals surface area contributed by atoms with Gasteiger partial charge in [0.25, 0.3) is 5.91 Å². The topological polar surface area (TPSA) is 71.5 Å². The minimum absolute atomic E-state index is 0.139. The van der Waals surface area contributed by atoms with Crippen molar-refractivity contribution >= 4 is 11.6 Å². The van der Waals surface area contributed by atoms with Crippen molar-refractivity contribution in [3.05, 3.63) is 47.8 Å². The fraction of sp³-hybridized carbons (Fsp3) is 0.267. The monoisotopic (exact) mass is 273 g/mol. The third-order valence-corrected chi connectivity index (χ3v) is 3.53. The molecule has 3 N–H and O–H groups in total. The predicted molar refractivity (Wildman–Crippen MR) is 78.4 cm³/mol. The molecule has 20 heavy (non-hydrogen) atoms. The zero-order valence-electron chi connectivity index (χ0n) is 11.9. The lowest BCUT2D eigenvalue weighted by Gasteiger charge is -2.26. The van der Waals surface area contributed by atoms with E-state index >= 15 is 0 Å². The van der Waals surface area contributed by atoms with Gasteiger partial charge in [-0.1, -0.05) is 18.2 Å². The lowest BCUT2D eigenvalue weighted by Crippen LogP contribution is -2.31. The number of nitrogen functional groups attached to an aromatic ring is 1. The van der Waals surface area contributed by atoms with Crippen molar-refractivity contribution in [3.8, 4) is 5.75 Å². The van der Waals surface area contributed by atoms with Crippen LogP contribution in [0.2, 0.25) is 0 Å². The number of amides is 1. The van der Waals surface area contributed by atoms with Gasteiger partial charge in [-0.3, -0.25) is 4.79 Å². The Labute approximate surface area is 118 Å². The third kappa shape index (κ3) is 2.47. The van der Waals surface area contributed by atoms with E-state index < -0.39 is 0 Å². The van der Waals surface area contributed by atoms with Crippen molar-refractivity contribution in [2.75, 3.05) is 12.8 Å². The number of para-hydroxylation sites is 1. The summed E-state index contributed by atoms with van der Waals surface area (Å²) in [7, 11) is 3.49. The quantitative estimate of drug-likeness (QED) is 0.900. The van der Waals surface area contributed by atoms with Gasteiger partial charge in [0.1, 0.15) is 11.4 Å². The van der Waals surface area contributed by atoms with Crippen molar-refractivity contribution in [1.29, 1.82) is 0 Å². The first kappa shape index (κ1) is 14.0. The maximum atomic E-state index is 12.5. The molecule has 1 atom stereocenters. The number of phenols is 1. The van der Waals surface area contributed by atoms with Crippen molar-refractivity contribution < 1.29 is 9.90 Å². The van der Waals surface area contributed by atoms with E-state index in [9.17, 15) is 9.90 Å². The number of benzene rings is 1. The Morgan fingerprint density at radius 2 is 2.05 bits per heavy atom. The summed E-state index contributed by atoms with van der Waals surface area (Å²) in [4.78, 5) is 14.1. The second-order valence-corrected chi connectivity index (χ2v) is 4.92. The summed E-state index contributed by atoms with van der Waals surface area (Å²) < 4.78 is 1.70. The molecule has 1 amide bonds. The summed E-state index contributed by atoms with van der Waals surface area (Å²) in [6.07, 6.45) is 1.70. The van der Waals surface area contributed by atoms with Gasteiger partial charge in [0.05, 0.1) is 11.7 Å². The number of carbonyl (C=O) groups excluding carboxylic acids is 1. The fourth-order valence-electron chi connectivity index (χ4n) is 2.21. The maximum absolute atomic E-state index is 12.5. The van der Waals surface area contributed by atoms with Crippen LogP contribution in [0.25, 0.3) is 0 Å². The average Bonchev–Trinajstić information content (AvgIpc) is 2.76. The minimum Gasteiger partial charge on any atom is -0.508 e. The van der Waals surface area contributed by atoms with Crippen LogP contribution in [0.15, 0.2) is 36.5 Å². The first-order valence-electron chi connectivity index (χ1n) is 6.38. The molecule has 0 fully saturated rings. The third-order valence-electron chi connectivity index (χ3n) is 3.53. The highest BCUT2D eigenvalue weighted by Gasteiger charge is 2.22. The number of phenolic OH excluding ortho intramolecular Hbond substituents is 1. The number of aryl methyl sites for hydroxylation is 1. The van der Waals surface area contributed by atoms with Gasteiger partial charge < -0.3 is 20.3 Å². The van der Waals surface area contributed by atoms with Gasteiger partial charge in [-0.05, 0) is 19.1 Å². The van der Waals surface area contributed by atoms with E-state index in [0.717, 1.165) is 0 Å². The van der Waals surface area contributed by atoms with E-state index in [1.165, 1.54) is 0 Å². The van der Waals surface area contributed by atoms with E-state index in [-0.39, 0.29) is 17.7 Å². The lowest BCUT2D eigenvalue weighted by molar-refractivity contribution is 0.0731. The number of hydrogen-bond donors (Lipinski definition) is 2. The number of aromatic nitrogens is 1. The van der Waals surface area contributed by atoms with Crippen molar-refractivity contribution in [1.82, 2.24) is 9.47 Å². The van der Waals surface area contributed by atoms with Crippen molar-refractivity contribution in [3.63, 3.8) is 0 Å². The van der Waals surface area contributed by atoms with Crippen LogP contribution in [0.4, 0.5) is 5.69 Å². The van der Waals surface area contributed by atoms with Crippen LogP contribution >= 0.6 is 0 Å². The molecule has 1 heterocycles. The number of anilines is 1. The zero-order valence-corrected chi connectivity index (χ0v) is 11.9. The van der Waals surface area contributed by atoms with E-state index in [1.807, 2.05) is 19.1 Å². The van der Waals surface area contributed by atoms with E-state index in [1.54, 1.807) is 48.0 Å². The molecule has 0 saturated carbocycles. The van der Waals surface area contributed by atoms with Crippen LogP contribution in [0.3, 0.4) is 0 Å². The Morgan fingerprint density at radius 3 is 2.60 bits per heavy atom. The largest absolute Gasteiger partial charge is 0.508 e. The molecule has 106 valence electrons. The Hall–Kier alpha value is -2.43. The van der Waals surface area contributed by atoms with Gasteiger partial charge in [-0.2, -0.15) is 0 Å². The maximum Gasteiger partial charge on any atom is 0.270 e. The van der Waals surface area contributed by atoms with Gasteiger partial charge >= 0.3 is 0 Å². The number of nitrogens with zero attached hydrogens (tertiary/aromatic N) is 2. The molecule has 1 aromatic carbocycles. The molecule has 2 rings (SSSR count). The molecule has 0 bridgehead atoms. The molecule has 0 aliphatic heterocycles. The number of rotatable bonds is 3. The van der Waals surface area contributed by atoms with E-state index in [2.05, 4.69) is 0 Å². The average molecular weight is 273 g/mol. The standard InChI is InChI=1S/C15H19N3O2/c1-10(12-6-4-5-7-14(12)19)18(3)15(20)13-8-11(16)9-17(13)2/h4-10,19H,16H2,1-3H3. The summed E-state index contributed by atoms with van der Waals surface area (Å²) in [6, 6.07) is 8.43. The Kier molecular flexibility index (Phi) is 3.70. The first-order valence-corrected chi connectivity index (χ1v) is 6.38. The van der Waals surface area contributed by atoms with Gasteiger partial charge in [-0.25, -0.2) is 0 Å². The summed E-state index contributed by atoms with van der Waals surface area (Å²) in [6.45, 7) is 1.87. The molecular formula is C15H19N3O2. The molecule has 2 aromatic rings. The van der Waals surface area contributed by atoms with Crippen LogP contribution in [0, 0.1) is 0 Å². The molecule has 0 radical (unpaired) electrons. The highest BCUT2D eigenvalue weighted by molar-refractivity contribution is 5.94. The van der Waals surface area contributed by atoms with E-state index in [0.29, 0.717) is 16.9 Å². The Bertz CT molecular complexity index is 634. The summed E-state index contributed by atoms with van der Waals surface area (Å²) in [5, 5.41) is 9.88. The summed E-state index contributed by atoms with van der Waals surface area (Å²) in [5.74, 6) is 0.0472. The smallest absolute Gasteiger partial charge is 0.270 e. The normalized spacial score (nSPS) is 12.2. The van der Waals surface area contributed by atoms with E-state index in [4.69, 9.17) is 5.73 Å². The molecule has 0 aliphatic carbocycles. The molecule has 5 nitrogen and oxygen atoms in total. The molecule has 1 aromatic heterocycles. The molecule has 5 heteroatoms. The SMILES string of the molecule is CC(c1ccccc1O)N(C)C(=O)c1cc(N)cn1C. The van der Waals surface area contributed by atoms with Gasteiger partial charge in [0.2, 0.25) is 0 Å². The molecule has 0 saturated heterocycles. The number of hydrogen-bond acceptors (Lipinski definition) is 3. The van der Waals surface area contributed by atoms with Crippen LogP contribution in [-0.4, -0.2) is 27.5 Å². The van der Waals surface area contributed by atoms with Crippen LogP contribution < -0.4 is 5.73 Å². The second-order valence-electron chi connectivity index (χ2n) is 4.92. The Morgan fingerprint density at radius 1 is 1.40 bits per heavy atom. The zero-order chi connectivity index (χ0) is 14.9. The van der Waals surface area contributed by atoms with Gasteiger partial charge in [0.15, 0.2) is 0 Å². The molecular weight excluding hydrogens is 254 g/mol. The van der Waals surface area contributed by atoms with Crippen LogP contribution in [0.1, 0.15) is 29.0 Å². The van der Waals surface area contributed by atoms with Gasteiger partial charge in [-0.15, -0.1) is 0 Å². The van der Waals surface area contributed by atoms with Crippen LogP contribution in [0.5, 0.6) is 5.75 Å². The lowest BCUT2D eigenvalue weighted by atomic mass is 10.1. The molecule has 0 aliphatic rings. The van der Waals surface area contributed by atoms with Crippen LogP contribution in [-0.2, 0) is 7.05 Å². The number of aromatic hydroxyl groups is 1. The fourth-order valence-corrected chi connectivity index (χ4v) is 2.21. The molecule has 1 unspecified atom stereocenters. The predicted octanol–water partition coefficient (Wildman–Crippen LogP) is 2.15.